The molecular weight excluding hydrogens is 290 g/mol. The Kier molecular flexibility index (Phi) is 3.57. The molecule has 1 aromatic heterocycles. The fraction of sp³-hybridized carbons (Fsp3) is 0.643. The van der Waals surface area contributed by atoms with Gasteiger partial charge < -0.3 is 9.47 Å². The Morgan fingerprint density at radius 1 is 1.29 bits per heavy atom. The van der Waals surface area contributed by atoms with E-state index in [1.165, 1.54) is 37.9 Å². The van der Waals surface area contributed by atoms with Crippen LogP contribution in [-0.4, -0.2) is 36.9 Å². The SMILES string of the molecule is Cn1cc(S(N)(=O)=O)cc1C(=O)N(CC1CC1)CC1CC1. The fourth-order valence-electron chi connectivity index (χ4n) is 2.53. The Balaban J connectivity index is 1.82. The van der Waals surface area contributed by atoms with E-state index in [1.54, 1.807) is 11.6 Å². The lowest BCUT2D eigenvalue weighted by molar-refractivity contribution is 0.0730. The van der Waals surface area contributed by atoms with Crippen molar-refractivity contribution in [1.29, 1.82) is 0 Å². The normalized spacial score (nSPS) is 18.8. The van der Waals surface area contributed by atoms with Gasteiger partial charge in [0.1, 0.15) is 10.6 Å². The van der Waals surface area contributed by atoms with E-state index < -0.39 is 10.0 Å². The number of carbonyl (C=O) groups excluding carboxylic acids is 1. The second-order valence-corrected chi connectivity index (χ2v) is 7.88. The van der Waals surface area contributed by atoms with Crippen molar-refractivity contribution in [2.45, 2.75) is 30.6 Å². The fourth-order valence-corrected chi connectivity index (χ4v) is 3.11. The molecule has 0 unspecified atom stereocenters. The number of sulfonamides is 1. The predicted molar refractivity (Wildman–Crippen MR) is 78.1 cm³/mol. The third-order valence-corrected chi connectivity index (χ3v) is 5.05. The van der Waals surface area contributed by atoms with Crippen molar-refractivity contribution in [2.24, 2.45) is 24.0 Å². The molecule has 2 saturated carbocycles. The van der Waals surface area contributed by atoms with Crippen molar-refractivity contribution in [3.8, 4) is 0 Å². The van der Waals surface area contributed by atoms with Crippen molar-refractivity contribution in [3.63, 3.8) is 0 Å². The molecule has 2 aliphatic rings. The standard InChI is InChI=1S/C14H21N3O3S/c1-16-9-12(21(15,19)20)6-13(16)14(18)17(7-10-2-3-10)8-11-4-5-11/h6,9-11H,2-5,7-8H2,1H3,(H2,15,19,20). The van der Waals surface area contributed by atoms with Gasteiger partial charge in [0, 0.05) is 26.3 Å². The van der Waals surface area contributed by atoms with E-state index >= 15 is 0 Å². The van der Waals surface area contributed by atoms with Crippen LogP contribution in [0.5, 0.6) is 0 Å². The molecule has 0 bridgehead atoms. The topological polar surface area (TPSA) is 85.4 Å². The average molecular weight is 311 g/mol. The van der Waals surface area contributed by atoms with Crippen LogP contribution in [-0.2, 0) is 17.1 Å². The summed E-state index contributed by atoms with van der Waals surface area (Å²) in [6.07, 6.45) is 6.14. The van der Waals surface area contributed by atoms with Gasteiger partial charge in [-0.3, -0.25) is 4.79 Å². The summed E-state index contributed by atoms with van der Waals surface area (Å²) in [7, 11) is -2.10. The van der Waals surface area contributed by atoms with Crippen LogP contribution in [0, 0.1) is 11.8 Å². The molecule has 2 fully saturated rings. The van der Waals surface area contributed by atoms with Crippen LogP contribution in [0.2, 0.25) is 0 Å². The monoisotopic (exact) mass is 311 g/mol. The number of aromatic nitrogens is 1. The molecule has 0 spiro atoms. The summed E-state index contributed by atoms with van der Waals surface area (Å²) in [6.45, 7) is 1.57. The van der Waals surface area contributed by atoms with Gasteiger partial charge in [-0.1, -0.05) is 0 Å². The van der Waals surface area contributed by atoms with Gasteiger partial charge in [-0.05, 0) is 43.6 Å². The maximum Gasteiger partial charge on any atom is 0.270 e. The minimum absolute atomic E-state index is 0.00820. The summed E-state index contributed by atoms with van der Waals surface area (Å²) in [4.78, 5) is 14.6. The zero-order valence-corrected chi connectivity index (χ0v) is 13.0. The molecule has 1 aromatic rings. The predicted octanol–water partition coefficient (Wildman–Crippen LogP) is 0.935. The van der Waals surface area contributed by atoms with Crippen molar-refractivity contribution in [2.75, 3.05) is 13.1 Å². The molecule has 0 radical (unpaired) electrons. The minimum atomic E-state index is -3.78. The summed E-state index contributed by atoms with van der Waals surface area (Å²) in [5, 5.41) is 5.13. The number of hydrogen-bond donors (Lipinski definition) is 1. The third-order valence-electron chi connectivity index (χ3n) is 4.17. The molecule has 0 saturated heterocycles. The molecular formula is C14H21N3O3S. The maximum absolute atomic E-state index is 12.7. The van der Waals surface area contributed by atoms with Crippen molar-refractivity contribution in [3.05, 3.63) is 18.0 Å². The lowest BCUT2D eigenvalue weighted by Gasteiger charge is -2.22. The quantitative estimate of drug-likeness (QED) is 0.848. The Bertz CT molecular complexity index is 643. The number of nitrogens with two attached hydrogens (primary N) is 1. The van der Waals surface area contributed by atoms with Gasteiger partial charge in [-0.25, -0.2) is 13.6 Å². The average Bonchev–Trinajstić information content (AvgIpc) is 3.29. The molecule has 7 heteroatoms. The van der Waals surface area contributed by atoms with Gasteiger partial charge in [0.25, 0.3) is 5.91 Å². The highest BCUT2D eigenvalue weighted by molar-refractivity contribution is 7.89. The molecule has 6 nitrogen and oxygen atoms in total. The first-order valence-corrected chi connectivity index (χ1v) is 8.87. The van der Waals surface area contributed by atoms with Gasteiger partial charge in [-0.2, -0.15) is 0 Å². The number of rotatable bonds is 6. The molecule has 0 atom stereocenters. The molecule has 116 valence electrons. The number of carbonyl (C=O) groups is 1. The number of aryl methyl sites for hydroxylation is 1. The first-order valence-electron chi connectivity index (χ1n) is 7.33. The van der Waals surface area contributed by atoms with Gasteiger partial charge in [0.05, 0.1) is 0 Å². The first kappa shape index (κ1) is 14.6. The molecule has 1 amide bonds. The van der Waals surface area contributed by atoms with E-state index in [4.69, 9.17) is 5.14 Å². The van der Waals surface area contributed by atoms with Crippen LogP contribution in [0.1, 0.15) is 36.2 Å². The van der Waals surface area contributed by atoms with Gasteiger partial charge in [0.15, 0.2) is 0 Å². The Morgan fingerprint density at radius 3 is 2.19 bits per heavy atom. The number of hydrogen-bond acceptors (Lipinski definition) is 3. The van der Waals surface area contributed by atoms with Crippen LogP contribution in [0.15, 0.2) is 17.2 Å². The molecule has 3 rings (SSSR count). The second-order valence-electron chi connectivity index (χ2n) is 6.31. The number of primary sulfonamides is 1. The maximum atomic E-state index is 12.7. The van der Waals surface area contributed by atoms with Crippen LogP contribution in [0.4, 0.5) is 0 Å². The van der Waals surface area contributed by atoms with E-state index in [1.807, 2.05) is 4.90 Å². The van der Waals surface area contributed by atoms with Crippen LogP contribution >= 0.6 is 0 Å². The largest absolute Gasteiger partial charge is 0.345 e. The zero-order chi connectivity index (χ0) is 15.2. The van der Waals surface area contributed by atoms with Crippen LogP contribution in [0.3, 0.4) is 0 Å². The molecule has 2 N–H and O–H groups in total. The Labute approximate surface area is 125 Å². The third kappa shape index (κ3) is 3.47. The van der Waals surface area contributed by atoms with Crippen LogP contribution < -0.4 is 5.14 Å². The lowest BCUT2D eigenvalue weighted by atomic mass is 10.2. The summed E-state index contributed by atoms with van der Waals surface area (Å²) in [6, 6.07) is 1.38. The van der Waals surface area contributed by atoms with E-state index in [0.717, 1.165) is 13.1 Å². The van der Waals surface area contributed by atoms with Gasteiger partial charge in [0.2, 0.25) is 10.0 Å². The molecule has 2 aliphatic carbocycles. The molecule has 0 aromatic carbocycles. The Hall–Kier alpha value is -1.34. The van der Waals surface area contributed by atoms with E-state index in [-0.39, 0.29) is 10.8 Å². The summed E-state index contributed by atoms with van der Waals surface area (Å²) in [5.74, 6) is 1.14. The van der Waals surface area contributed by atoms with E-state index in [2.05, 4.69) is 0 Å². The van der Waals surface area contributed by atoms with Crippen LogP contribution in [0.25, 0.3) is 0 Å². The second kappa shape index (κ2) is 5.14. The highest BCUT2D eigenvalue weighted by Gasteiger charge is 2.33. The highest BCUT2D eigenvalue weighted by atomic mass is 32.2. The van der Waals surface area contributed by atoms with Crippen molar-refractivity contribution < 1.29 is 13.2 Å². The number of amides is 1. The summed E-state index contributed by atoms with van der Waals surface area (Å²) >= 11 is 0. The Morgan fingerprint density at radius 2 is 1.81 bits per heavy atom. The molecule has 0 aliphatic heterocycles. The van der Waals surface area contributed by atoms with Gasteiger partial charge >= 0.3 is 0 Å². The van der Waals surface area contributed by atoms with E-state index in [9.17, 15) is 13.2 Å². The first-order chi connectivity index (χ1) is 9.84. The molecule has 21 heavy (non-hydrogen) atoms. The van der Waals surface area contributed by atoms with Crippen molar-refractivity contribution in [1.82, 2.24) is 9.47 Å². The highest BCUT2D eigenvalue weighted by Crippen LogP contribution is 2.34. The smallest absolute Gasteiger partial charge is 0.270 e. The molecule has 1 heterocycles. The van der Waals surface area contributed by atoms with E-state index in [0.29, 0.717) is 17.5 Å². The zero-order valence-electron chi connectivity index (χ0n) is 12.2. The summed E-state index contributed by atoms with van der Waals surface area (Å²) < 4.78 is 24.4. The number of nitrogens with zero attached hydrogens (tertiary/aromatic N) is 2. The lowest BCUT2D eigenvalue weighted by Crippen LogP contribution is -2.35. The minimum Gasteiger partial charge on any atom is -0.345 e. The van der Waals surface area contributed by atoms with Crippen molar-refractivity contribution >= 4 is 15.9 Å². The summed E-state index contributed by atoms with van der Waals surface area (Å²) in [5.41, 5.74) is 0.389. The van der Waals surface area contributed by atoms with Gasteiger partial charge in [-0.15, -0.1) is 0 Å².